The van der Waals surface area contributed by atoms with Gasteiger partial charge in [-0.1, -0.05) is 12.1 Å². The Balaban J connectivity index is 1.91. The van der Waals surface area contributed by atoms with E-state index in [4.69, 9.17) is 5.11 Å². The fraction of sp³-hybridized carbons (Fsp3) is 0.600. The van der Waals surface area contributed by atoms with Gasteiger partial charge >= 0.3 is 0 Å². The average molecular weight is 248 g/mol. The highest BCUT2D eigenvalue weighted by molar-refractivity contribution is 5.46. The smallest absolute Gasteiger partial charge is 0.0434 e. The molecule has 100 valence electrons. The van der Waals surface area contributed by atoms with E-state index in [0.717, 1.165) is 25.9 Å². The van der Waals surface area contributed by atoms with E-state index in [9.17, 15) is 0 Å². The van der Waals surface area contributed by atoms with E-state index in [-0.39, 0.29) is 6.61 Å². The number of hydrogen-bond acceptors (Lipinski definition) is 3. The average Bonchev–Trinajstić information content (AvgIpc) is 2.65. The van der Waals surface area contributed by atoms with E-state index in [2.05, 4.69) is 34.9 Å². The molecule has 0 saturated carbocycles. The maximum atomic E-state index is 8.87. The standard InChI is InChI=1S/C15H24N2O/c18-11-3-5-13-4-1-6-15(12-13)17-14-7-2-9-16-10-8-14/h1,4,6,12,14,16-18H,2-3,5,7-11H2. The normalized spacial score (nSPS) is 20.4. The van der Waals surface area contributed by atoms with Gasteiger partial charge in [-0.25, -0.2) is 0 Å². The number of aryl methyl sites for hydroxylation is 1. The van der Waals surface area contributed by atoms with Crippen LogP contribution in [0.5, 0.6) is 0 Å². The second-order valence-corrected chi connectivity index (χ2v) is 5.05. The zero-order chi connectivity index (χ0) is 12.6. The summed E-state index contributed by atoms with van der Waals surface area (Å²) in [7, 11) is 0. The van der Waals surface area contributed by atoms with Crippen molar-refractivity contribution in [3.8, 4) is 0 Å². The molecule has 3 nitrogen and oxygen atoms in total. The van der Waals surface area contributed by atoms with Gasteiger partial charge in [0.2, 0.25) is 0 Å². The molecular formula is C15H24N2O. The van der Waals surface area contributed by atoms with Gasteiger partial charge in [0.15, 0.2) is 0 Å². The fourth-order valence-electron chi connectivity index (χ4n) is 2.50. The lowest BCUT2D eigenvalue weighted by atomic mass is 10.1. The molecule has 3 heteroatoms. The molecule has 3 N–H and O–H groups in total. The molecule has 1 aromatic carbocycles. The molecule has 0 aliphatic carbocycles. The first-order chi connectivity index (χ1) is 8.88. The lowest BCUT2D eigenvalue weighted by Gasteiger charge is -2.18. The van der Waals surface area contributed by atoms with Gasteiger partial charge in [-0.05, 0) is 62.9 Å². The molecule has 0 radical (unpaired) electrons. The zero-order valence-corrected chi connectivity index (χ0v) is 11.0. The van der Waals surface area contributed by atoms with Crippen LogP contribution in [0.15, 0.2) is 24.3 Å². The fourth-order valence-corrected chi connectivity index (χ4v) is 2.50. The van der Waals surface area contributed by atoms with Crippen LogP contribution in [-0.4, -0.2) is 30.8 Å². The van der Waals surface area contributed by atoms with Crippen molar-refractivity contribution in [2.24, 2.45) is 0 Å². The summed E-state index contributed by atoms with van der Waals surface area (Å²) in [4.78, 5) is 0. The molecule has 1 heterocycles. The number of nitrogens with one attached hydrogen (secondary N) is 2. The van der Waals surface area contributed by atoms with Crippen molar-refractivity contribution in [2.75, 3.05) is 25.0 Å². The van der Waals surface area contributed by atoms with Gasteiger partial charge < -0.3 is 15.7 Å². The zero-order valence-electron chi connectivity index (χ0n) is 11.0. The third-order valence-electron chi connectivity index (χ3n) is 3.50. The van der Waals surface area contributed by atoms with Crippen LogP contribution in [0.2, 0.25) is 0 Å². The van der Waals surface area contributed by atoms with Crippen molar-refractivity contribution >= 4 is 5.69 Å². The van der Waals surface area contributed by atoms with Crippen molar-refractivity contribution in [1.29, 1.82) is 0 Å². The predicted molar refractivity (Wildman–Crippen MR) is 76.0 cm³/mol. The molecule has 1 aliphatic heterocycles. The van der Waals surface area contributed by atoms with Crippen LogP contribution >= 0.6 is 0 Å². The number of aliphatic hydroxyl groups excluding tert-OH is 1. The Kier molecular flexibility index (Phi) is 5.49. The number of benzene rings is 1. The molecule has 0 aromatic heterocycles. The highest BCUT2D eigenvalue weighted by Crippen LogP contribution is 2.16. The quantitative estimate of drug-likeness (QED) is 0.748. The SMILES string of the molecule is OCCCc1cccc(NC2CCCNCC2)c1. The van der Waals surface area contributed by atoms with Gasteiger partial charge in [0, 0.05) is 18.3 Å². The summed E-state index contributed by atoms with van der Waals surface area (Å²) in [5, 5.41) is 15.9. The van der Waals surface area contributed by atoms with Crippen LogP contribution in [0.1, 0.15) is 31.2 Å². The Hall–Kier alpha value is -1.06. The van der Waals surface area contributed by atoms with Crippen LogP contribution in [-0.2, 0) is 6.42 Å². The summed E-state index contributed by atoms with van der Waals surface area (Å²) < 4.78 is 0. The summed E-state index contributed by atoms with van der Waals surface area (Å²) in [6.45, 7) is 2.53. The van der Waals surface area contributed by atoms with Crippen LogP contribution in [0.3, 0.4) is 0 Å². The van der Waals surface area contributed by atoms with E-state index >= 15 is 0 Å². The molecule has 1 unspecified atom stereocenters. The Morgan fingerprint density at radius 1 is 1.28 bits per heavy atom. The summed E-state index contributed by atoms with van der Waals surface area (Å²) in [5.41, 5.74) is 2.53. The van der Waals surface area contributed by atoms with Crippen molar-refractivity contribution < 1.29 is 5.11 Å². The summed E-state index contributed by atoms with van der Waals surface area (Å²) >= 11 is 0. The van der Waals surface area contributed by atoms with Crippen LogP contribution in [0.4, 0.5) is 5.69 Å². The number of aliphatic hydroxyl groups is 1. The van der Waals surface area contributed by atoms with Crippen molar-refractivity contribution in [2.45, 2.75) is 38.1 Å². The second-order valence-electron chi connectivity index (χ2n) is 5.05. The molecule has 1 atom stereocenters. The molecule has 0 bridgehead atoms. The molecular weight excluding hydrogens is 224 g/mol. The Labute approximate surface area is 110 Å². The molecule has 1 fully saturated rings. The van der Waals surface area contributed by atoms with Crippen LogP contribution in [0.25, 0.3) is 0 Å². The highest BCUT2D eigenvalue weighted by atomic mass is 16.2. The minimum atomic E-state index is 0.270. The summed E-state index contributed by atoms with van der Waals surface area (Å²) in [5.74, 6) is 0. The number of hydrogen-bond donors (Lipinski definition) is 3. The van der Waals surface area contributed by atoms with Gasteiger partial charge in [0.1, 0.15) is 0 Å². The van der Waals surface area contributed by atoms with E-state index in [1.54, 1.807) is 0 Å². The third-order valence-corrected chi connectivity index (χ3v) is 3.50. The first kappa shape index (κ1) is 13.4. The van der Waals surface area contributed by atoms with Crippen molar-refractivity contribution in [3.63, 3.8) is 0 Å². The Bertz CT molecular complexity index is 346. The largest absolute Gasteiger partial charge is 0.396 e. The number of anilines is 1. The molecule has 0 spiro atoms. The molecule has 1 aromatic rings. The van der Waals surface area contributed by atoms with E-state index in [1.165, 1.54) is 30.5 Å². The summed E-state index contributed by atoms with van der Waals surface area (Å²) in [6, 6.07) is 9.18. The molecule has 1 saturated heterocycles. The van der Waals surface area contributed by atoms with Crippen LogP contribution in [0, 0.1) is 0 Å². The van der Waals surface area contributed by atoms with E-state index in [1.807, 2.05) is 0 Å². The minimum absolute atomic E-state index is 0.270. The third kappa shape index (κ3) is 4.31. The number of rotatable bonds is 5. The topological polar surface area (TPSA) is 44.3 Å². The maximum Gasteiger partial charge on any atom is 0.0434 e. The molecule has 1 aliphatic rings. The summed E-state index contributed by atoms with van der Waals surface area (Å²) in [6.07, 6.45) is 5.49. The first-order valence-electron chi connectivity index (χ1n) is 7.05. The van der Waals surface area contributed by atoms with Crippen LogP contribution < -0.4 is 10.6 Å². The molecule has 0 amide bonds. The van der Waals surface area contributed by atoms with Gasteiger partial charge in [-0.3, -0.25) is 0 Å². The maximum absolute atomic E-state index is 8.87. The van der Waals surface area contributed by atoms with E-state index in [0.29, 0.717) is 6.04 Å². The van der Waals surface area contributed by atoms with Gasteiger partial charge in [-0.15, -0.1) is 0 Å². The van der Waals surface area contributed by atoms with E-state index < -0.39 is 0 Å². The lowest BCUT2D eigenvalue weighted by molar-refractivity contribution is 0.288. The van der Waals surface area contributed by atoms with Crippen molar-refractivity contribution in [1.82, 2.24) is 5.32 Å². The lowest BCUT2D eigenvalue weighted by Crippen LogP contribution is -2.21. The van der Waals surface area contributed by atoms with Gasteiger partial charge in [0.05, 0.1) is 0 Å². The highest BCUT2D eigenvalue weighted by Gasteiger charge is 2.11. The second kappa shape index (κ2) is 7.39. The van der Waals surface area contributed by atoms with Crippen molar-refractivity contribution in [3.05, 3.63) is 29.8 Å². The van der Waals surface area contributed by atoms with Gasteiger partial charge in [-0.2, -0.15) is 0 Å². The molecule has 18 heavy (non-hydrogen) atoms. The van der Waals surface area contributed by atoms with Gasteiger partial charge in [0.25, 0.3) is 0 Å². The molecule has 2 rings (SSSR count). The Morgan fingerprint density at radius 3 is 3.11 bits per heavy atom. The Morgan fingerprint density at radius 2 is 2.22 bits per heavy atom. The monoisotopic (exact) mass is 248 g/mol. The minimum Gasteiger partial charge on any atom is -0.396 e. The predicted octanol–water partition coefficient (Wildman–Crippen LogP) is 2.17. The first-order valence-corrected chi connectivity index (χ1v) is 7.05.